The van der Waals surface area contributed by atoms with Gasteiger partial charge < -0.3 is 15.0 Å². The number of hydrogen-bond acceptors (Lipinski definition) is 6. The van der Waals surface area contributed by atoms with Crippen molar-refractivity contribution in [2.45, 2.75) is 13.0 Å². The van der Waals surface area contributed by atoms with E-state index in [-0.39, 0.29) is 24.0 Å². The third kappa shape index (κ3) is 2.45. The summed E-state index contributed by atoms with van der Waals surface area (Å²) in [6.45, 7) is 2.15. The maximum Gasteiger partial charge on any atom is 0.414 e. The van der Waals surface area contributed by atoms with Crippen LogP contribution in [-0.2, 0) is 4.74 Å². The number of carbonyl (C=O) groups is 1. The van der Waals surface area contributed by atoms with E-state index in [0.29, 0.717) is 18.1 Å². The number of cyclic esters (lactones) is 1. The predicted octanol–water partition coefficient (Wildman–Crippen LogP) is 1.47. The Kier molecular flexibility index (Phi) is 3.30. The van der Waals surface area contributed by atoms with Gasteiger partial charge in [-0.2, -0.15) is 4.98 Å². The van der Waals surface area contributed by atoms with Crippen LogP contribution in [0.15, 0.2) is 22.7 Å². The standard InChI is InChI=1S/C13H13FN4O3/c1-7-16-12(17-21-7)10-3-2-8(4-11(10)14)18-6-9(5-15)20-13(18)19/h2-4,9H,5-6,15H2,1H3. The van der Waals surface area contributed by atoms with E-state index in [1.807, 2.05) is 0 Å². The average Bonchev–Trinajstić information content (AvgIpc) is 3.04. The van der Waals surface area contributed by atoms with E-state index in [1.165, 1.54) is 17.0 Å². The highest BCUT2D eigenvalue weighted by Crippen LogP contribution is 2.27. The van der Waals surface area contributed by atoms with Crippen LogP contribution in [0.4, 0.5) is 14.9 Å². The molecule has 2 aromatic rings. The molecule has 1 aliphatic rings. The van der Waals surface area contributed by atoms with Gasteiger partial charge in [-0.15, -0.1) is 0 Å². The summed E-state index contributed by atoms with van der Waals surface area (Å²) < 4.78 is 24.0. The van der Waals surface area contributed by atoms with E-state index in [2.05, 4.69) is 10.1 Å². The third-order valence-electron chi connectivity index (χ3n) is 3.17. The lowest BCUT2D eigenvalue weighted by Gasteiger charge is -2.13. The Balaban J connectivity index is 1.90. The molecule has 1 amide bonds. The van der Waals surface area contributed by atoms with Gasteiger partial charge in [0.1, 0.15) is 11.9 Å². The van der Waals surface area contributed by atoms with Gasteiger partial charge in [-0.1, -0.05) is 5.16 Å². The number of aryl methyl sites for hydroxylation is 1. The van der Waals surface area contributed by atoms with Crippen molar-refractivity contribution in [2.75, 3.05) is 18.0 Å². The fraction of sp³-hybridized carbons (Fsp3) is 0.308. The first-order valence-electron chi connectivity index (χ1n) is 6.37. The van der Waals surface area contributed by atoms with Gasteiger partial charge in [0, 0.05) is 13.5 Å². The second kappa shape index (κ2) is 5.13. The summed E-state index contributed by atoms with van der Waals surface area (Å²) in [4.78, 5) is 17.0. The monoisotopic (exact) mass is 292 g/mol. The summed E-state index contributed by atoms with van der Waals surface area (Å²) in [5.74, 6) is -0.0277. The Labute approximate surface area is 119 Å². The molecule has 110 valence electrons. The Morgan fingerprint density at radius 2 is 2.33 bits per heavy atom. The number of aromatic nitrogens is 2. The van der Waals surface area contributed by atoms with E-state index >= 15 is 0 Å². The molecule has 1 fully saturated rings. The molecule has 1 atom stereocenters. The molecule has 7 nitrogen and oxygen atoms in total. The van der Waals surface area contributed by atoms with E-state index in [4.69, 9.17) is 15.0 Å². The molecule has 2 N–H and O–H groups in total. The Hall–Kier alpha value is -2.48. The zero-order chi connectivity index (χ0) is 15.0. The van der Waals surface area contributed by atoms with Gasteiger partial charge >= 0.3 is 6.09 Å². The zero-order valence-corrected chi connectivity index (χ0v) is 11.2. The molecule has 2 heterocycles. The Morgan fingerprint density at radius 3 is 2.90 bits per heavy atom. The topological polar surface area (TPSA) is 94.5 Å². The first-order chi connectivity index (χ1) is 10.1. The summed E-state index contributed by atoms with van der Waals surface area (Å²) >= 11 is 0. The molecule has 1 aromatic carbocycles. The van der Waals surface area contributed by atoms with Crippen LogP contribution in [0.2, 0.25) is 0 Å². The molecule has 1 aliphatic heterocycles. The van der Waals surface area contributed by atoms with Gasteiger partial charge in [0.25, 0.3) is 0 Å². The first-order valence-corrected chi connectivity index (χ1v) is 6.37. The molecule has 1 aromatic heterocycles. The van der Waals surface area contributed by atoms with E-state index < -0.39 is 11.9 Å². The molecule has 3 rings (SSSR count). The second-order valence-electron chi connectivity index (χ2n) is 4.65. The van der Waals surface area contributed by atoms with Crippen molar-refractivity contribution < 1.29 is 18.4 Å². The molecular weight excluding hydrogens is 279 g/mol. The number of nitrogens with two attached hydrogens (primary N) is 1. The van der Waals surface area contributed by atoms with Gasteiger partial charge in [0.05, 0.1) is 17.8 Å². The molecule has 21 heavy (non-hydrogen) atoms. The molecule has 8 heteroatoms. The quantitative estimate of drug-likeness (QED) is 0.920. The molecule has 0 radical (unpaired) electrons. The van der Waals surface area contributed by atoms with Gasteiger partial charge in [-0.3, -0.25) is 4.90 Å². The van der Waals surface area contributed by atoms with Crippen LogP contribution in [0.1, 0.15) is 5.89 Å². The van der Waals surface area contributed by atoms with E-state index in [1.54, 1.807) is 13.0 Å². The van der Waals surface area contributed by atoms with Crippen LogP contribution >= 0.6 is 0 Å². The summed E-state index contributed by atoms with van der Waals surface area (Å²) in [7, 11) is 0. The number of benzene rings is 1. The van der Waals surface area contributed by atoms with Gasteiger partial charge in [0.2, 0.25) is 11.7 Å². The summed E-state index contributed by atoms with van der Waals surface area (Å²) in [6.07, 6.45) is -0.909. The summed E-state index contributed by atoms with van der Waals surface area (Å²) in [5, 5.41) is 3.67. The second-order valence-corrected chi connectivity index (χ2v) is 4.65. The highest BCUT2D eigenvalue weighted by atomic mass is 19.1. The van der Waals surface area contributed by atoms with Crippen LogP contribution < -0.4 is 10.6 Å². The number of amides is 1. The molecule has 1 saturated heterocycles. The van der Waals surface area contributed by atoms with Crippen molar-refractivity contribution in [3.05, 3.63) is 29.9 Å². The fourth-order valence-corrected chi connectivity index (χ4v) is 2.12. The number of carbonyl (C=O) groups excluding carboxylic acids is 1. The lowest BCUT2D eigenvalue weighted by Crippen LogP contribution is -2.27. The molecule has 0 bridgehead atoms. The van der Waals surface area contributed by atoms with Crippen molar-refractivity contribution >= 4 is 11.8 Å². The number of anilines is 1. The minimum absolute atomic E-state index is 0.167. The smallest absolute Gasteiger partial charge is 0.414 e. The van der Waals surface area contributed by atoms with Crippen LogP contribution in [0.25, 0.3) is 11.4 Å². The Morgan fingerprint density at radius 1 is 1.52 bits per heavy atom. The maximum atomic E-state index is 14.2. The SMILES string of the molecule is Cc1nc(-c2ccc(N3CC(CN)OC3=O)cc2F)no1. The summed E-state index contributed by atoms with van der Waals surface area (Å²) in [5.41, 5.74) is 6.07. The number of hydrogen-bond donors (Lipinski definition) is 1. The molecule has 1 unspecified atom stereocenters. The normalized spacial score (nSPS) is 18.1. The number of rotatable bonds is 3. The number of ether oxygens (including phenoxy) is 1. The lowest BCUT2D eigenvalue weighted by molar-refractivity contribution is 0.145. The van der Waals surface area contributed by atoms with Crippen molar-refractivity contribution in [3.63, 3.8) is 0 Å². The van der Waals surface area contributed by atoms with Crippen LogP contribution in [0.3, 0.4) is 0 Å². The van der Waals surface area contributed by atoms with Gasteiger partial charge in [-0.25, -0.2) is 9.18 Å². The van der Waals surface area contributed by atoms with Crippen LogP contribution in [-0.4, -0.2) is 35.4 Å². The highest BCUT2D eigenvalue weighted by Gasteiger charge is 2.31. The van der Waals surface area contributed by atoms with Gasteiger partial charge in [0.15, 0.2) is 0 Å². The summed E-state index contributed by atoms with van der Waals surface area (Å²) in [6, 6.07) is 4.34. The minimum atomic E-state index is -0.544. The average molecular weight is 292 g/mol. The van der Waals surface area contributed by atoms with Gasteiger partial charge in [-0.05, 0) is 18.2 Å². The van der Waals surface area contributed by atoms with Crippen molar-refractivity contribution in [1.82, 2.24) is 10.1 Å². The molecular formula is C13H13FN4O3. The zero-order valence-electron chi connectivity index (χ0n) is 11.2. The fourth-order valence-electron chi connectivity index (χ4n) is 2.12. The maximum absolute atomic E-state index is 14.2. The van der Waals surface area contributed by atoms with Crippen molar-refractivity contribution in [3.8, 4) is 11.4 Å². The van der Waals surface area contributed by atoms with E-state index in [9.17, 15) is 9.18 Å². The number of halogens is 1. The van der Waals surface area contributed by atoms with E-state index in [0.717, 1.165) is 0 Å². The predicted molar refractivity (Wildman–Crippen MR) is 71.1 cm³/mol. The molecule has 0 spiro atoms. The number of nitrogens with zero attached hydrogens (tertiary/aromatic N) is 3. The largest absolute Gasteiger partial charge is 0.443 e. The van der Waals surface area contributed by atoms with Crippen LogP contribution in [0.5, 0.6) is 0 Å². The third-order valence-corrected chi connectivity index (χ3v) is 3.17. The molecule has 0 aliphatic carbocycles. The van der Waals surface area contributed by atoms with Crippen molar-refractivity contribution in [1.29, 1.82) is 0 Å². The highest BCUT2D eigenvalue weighted by molar-refractivity contribution is 5.90. The Bertz CT molecular complexity index is 688. The van der Waals surface area contributed by atoms with Crippen molar-refractivity contribution in [2.24, 2.45) is 5.73 Å². The first kappa shape index (κ1) is 13.5. The lowest BCUT2D eigenvalue weighted by atomic mass is 10.1. The minimum Gasteiger partial charge on any atom is -0.443 e. The van der Waals surface area contributed by atoms with Crippen LogP contribution in [0, 0.1) is 12.7 Å². The molecule has 0 saturated carbocycles.